The summed E-state index contributed by atoms with van der Waals surface area (Å²) in [6.45, 7) is 4.02. The zero-order valence-electron chi connectivity index (χ0n) is 10.5. The predicted molar refractivity (Wildman–Crippen MR) is 71.0 cm³/mol. The maximum Gasteiger partial charge on any atom is 0.258 e. The van der Waals surface area contributed by atoms with E-state index in [9.17, 15) is 4.79 Å². The first kappa shape index (κ1) is 11.4. The molecule has 3 heterocycles. The summed E-state index contributed by atoms with van der Waals surface area (Å²) in [5.74, 6) is 0.420. The van der Waals surface area contributed by atoms with Gasteiger partial charge in [0.25, 0.3) is 5.56 Å². The van der Waals surface area contributed by atoms with Crippen molar-refractivity contribution in [1.29, 1.82) is 0 Å². The molecular weight excluding hydrogens is 226 g/mol. The van der Waals surface area contributed by atoms with E-state index in [-0.39, 0.29) is 5.56 Å². The highest BCUT2D eigenvalue weighted by Crippen LogP contribution is 2.23. The third kappa shape index (κ3) is 1.93. The summed E-state index contributed by atoms with van der Waals surface area (Å²) >= 11 is 0. The number of fused-ring (bicyclic) bond motifs is 1. The minimum Gasteiger partial charge on any atom is -0.317 e. The van der Waals surface area contributed by atoms with Gasteiger partial charge in [0.15, 0.2) is 0 Å². The van der Waals surface area contributed by atoms with Gasteiger partial charge in [-0.1, -0.05) is 6.07 Å². The topological polar surface area (TPSA) is 46.4 Å². The highest BCUT2D eigenvalue weighted by molar-refractivity contribution is 5.47. The van der Waals surface area contributed by atoms with E-state index in [0.717, 1.165) is 42.8 Å². The lowest BCUT2D eigenvalue weighted by atomic mass is 9.94. The van der Waals surface area contributed by atoms with E-state index in [2.05, 4.69) is 5.32 Å². The Morgan fingerprint density at radius 3 is 2.94 bits per heavy atom. The molecule has 18 heavy (non-hydrogen) atoms. The van der Waals surface area contributed by atoms with Crippen LogP contribution in [-0.4, -0.2) is 22.5 Å². The highest BCUT2D eigenvalue weighted by atomic mass is 16.1. The number of pyridine rings is 1. The molecule has 1 saturated heterocycles. The SMILES string of the molecule is Cc1cccn2c(=O)cc(C3CCNCC3)nc12. The van der Waals surface area contributed by atoms with Crippen molar-refractivity contribution in [3.8, 4) is 0 Å². The Balaban J connectivity index is 2.14. The average molecular weight is 243 g/mol. The number of piperidine rings is 1. The molecule has 0 aliphatic carbocycles. The minimum atomic E-state index is 0.0252. The first-order valence-corrected chi connectivity index (χ1v) is 6.45. The van der Waals surface area contributed by atoms with E-state index in [1.807, 2.05) is 19.1 Å². The van der Waals surface area contributed by atoms with Gasteiger partial charge in [0.2, 0.25) is 0 Å². The maximum absolute atomic E-state index is 12.1. The summed E-state index contributed by atoms with van der Waals surface area (Å²) in [6.07, 6.45) is 3.91. The molecule has 0 spiro atoms. The van der Waals surface area contributed by atoms with Gasteiger partial charge < -0.3 is 5.32 Å². The maximum atomic E-state index is 12.1. The van der Waals surface area contributed by atoms with Gasteiger partial charge in [-0.05, 0) is 44.5 Å². The van der Waals surface area contributed by atoms with Crippen LogP contribution < -0.4 is 10.9 Å². The van der Waals surface area contributed by atoms with Crippen molar-refractivity contribution in [2.75, 3.05) is 13.1 Å². The van der Waals surface area contributed by atoms with E-state index >= 15 is 0 Å². The number of aromatic nitrogens is 2. The summed E-state index contributed by atoms with van der Waals surface area (Å²) < 4.78 is 1.62. The Labute approximate surface area is 106 Å². The molecule has 0 aromatic carbocycles. The van der Waals surface area contributed by atoms with Crippen molar-refractivity contribution >= 4 is 5.65 Å². The molecule has 0 saturated carbocycles. The van der Waals surface area contributed by atoms with Crippen LogP contribution in [0.2, 0.25) is 0 Å². The van der Waals surface area contributed by atoms with Crippen LogP contribution in [0.1, 0.15) is 30.0 Å². The third-order valence-corrected chi connectivity index (χ3v) is 3.66. The first-order valence-electron chi connectivity index (χ1n) is 6.45. The predicted octanol–water partition coefficient (Wildman–Crippen LogP) is 1.47. The standard InChI is InChI=1S/C14H17N3O/c1-10-3-2-8-17-13(18)9-12(16-14(10)17)11-4-6-15-7-5-11/h2-3,8-9,11,15H,4-7H2,1H3. The third-order valence-electron chi connectivity index (χ3n) is 3.66. The van der Waals surface area contributed by atoms with Gasteiger partial charge in [0, 0.05) is 18.2 Å². The summed E-state index contributed by atoms with van der Waals surface area (Å²) in [5, 5.41) is 3.34. The van der Waals surface area contributed by atoms with Crippen LogP contribution in [0.4, 0.5) is 0 Å². The van der Waals surface area contributed by atoms with Crippen LogP contribution in [0, 0.1) is 6.92 Å². The Morgan fingerprint density at radius 2 is 2.17 bits per heavy atom. The Bertz CT molecular complexity index is 626. The van der Waals surface area contributed by atoms with E-state index < -0.39 is 0 Å². The molecule has 1 aliphatic rings. The number of nitrogens with one attached hydrogen (secondary N) is 1. The number of hydrogen-bond acceptors (Lipinski definition) is 3. The molecule has 4 heteroatoms. The monoisotopic (exact) mass is 243 g/mol. The molecule has 0 radical (unpaired) electrons. The number of aryl methyl sites for hydroxylation is 1. The van der Waals surface area contributed by atoms with Crippen LogP contribution in [0.3, 0.4) is 0 Å². The quantitative estimate of drug-likeness (QED) is 0.825. The molecule has 3 rings (SSSR count). The Morgan fingerprint density at radius 1 is 1.39 bits per heavy atom. The van der Waals surface area contributed by atoms with Gasteiger partial charge in [-0.2, -0.15) is 0 Å². The van der Waals surface area contributed by atoms with Gasteiger partial charge in [-0.25, -0.2) is 4.98 Å². The molecular formula is C14H17N3O. The second-order valence-electron chi connectivity index (χ2n) is 4.93. The fourth-order valence-electron chi connectivity index (χ4n) is 2.61. The van der Waals surface area contributed by atoms with Crippen molar-refractivity contribution in [2.45, 2.75) is 25.7 Å². The molecule has 0 amide bonds. The fraction of sp³-hybridized carbons (Fsp3) is 0.429. The number of nitrogens with zero attached hydrogens (tertiary/aromatic N) is 2. The van der Waals surface area contributed by atoms with Crippen molar-refractivity contribution in [2.24, 2.45) is 0 Å². The van der Waals surface area contributed by atoms with Crippen molar-refractivity contribution in [3.05, 3.63) is 46.0 Å². The zero-order chi connectivity index (χ0) is 12.5. The largest absolute Gasteiger partial charge is 0.317 e. The molecule has 0 bridgehead atoms. The molecule has 0 unspecified atom stereocenters. The Hall–Kier alpha value is -1.68. The van der Waals surface area contributed by atoms with Crippen LogP contribution >= 0.6 is 0 Å². The van der Waals surface area contributed by atoms with Crippen molar-refractivity contribution in [3.63, 3.8) is 0 Å². The summed E-state index contributed by atoms with van der Waals surface area (Å²) in [6, 6.07) is 5.58. The van der Waals surface area contributed by atoms with E-state index in [1.54, 1.807) is 16.7 Å². The van der Waals surface area contributed by atoms with Gasteiger partial charge in [-0.3, -0.25) is 9.20 Å². The van der Waals surface area contributed by atoms with Gasteiger partial charge in [0.05, 0.1) is 5.69 Å². The lowest BCUT2D eigenvalue weighted by Crippen LogP contribution is -2.28. The normalized spacial score (nSPS) is 17.2. The van der Waals surface area contributed by atoms with Gasteiger partial charge >= 0.3 is 0 Å². The lowest BCUT2D eigenvalue weighted by Gasteiger charge is -2.22. The number of hydrogen-bond donors (Lipinski definition) is 1. The molecule has 2 aromatic heterocycles. The van der Waals surface area contributed by atoms with E-state index in [0.29, 0.717) is 5.92 Å². The first-order chi connectivity index (χ1) is 8.75. The molecule has 94 valence electrons. The molecule has 4 nitrogen and oxygen atoms in total. The molecule has 0 atom stereocenters. The van der Waals surface area contributed by atoms with Crippen LogP contribution in [0.5, 0.6) is 0 Å². The van der Waals surface area contributed by atoms with Crippen LogP contribution in [0.25, 0.3) is 5.65 Å². The van der Waals surface area contributed by atoms with E-state index in [1.165, 1.54) is 0 Å². The molecule has 1 N–H and O–H groups in total. The number of rotatable bonds is 1. The Kier molecular flexibility index (Phi) is 2.88. The summed E-state index contributed by atoms with van der Waals surface area (Å²) in [5.41, 5.74) is 2.82. The highest BCUT2D eigenvalue weighted by Gasteiger charge is 2.18. The summed E-state index contributed by atoms with van der Waals surface area (Å²) in [7, 11) is 0. The van der Waals surface area contributed by atoms with Crippen LogP contribution in [-0.2, 0) is 0 Å². The second-order valence-corrected chi connectivity index (χ2v) is 4.93. The fourth-order valence-corrected chi connectivity index (χ4v) is 2.61. The molecule has 2 aromatic rings. The van der Waals surface area contributed by atoms with Crippen molar-refractivity contribution in [1.82, 2.24) is 14.7 Å². The zero-order valence-corrected chi connectivity index (χ0v) is 10.5. The molecule has 1 aliphatic heterocycles. The van der Waals surface area contributed by atoms with Gasteiger partial charge in [-0.15, -0.1) is 0 Å². The lowest BCUT2D eigenvalue weighted by molar-refractivity contribution is 0.453. The average Bonchev–Trinajstić information content (AvgIpc) is 2.41. The van der Waals surface area contributed by atoms with E-state index in [4.69, 9.17) is 4.98 Å². The van der Waals surface area contributed by atoms with Gasteiger partial charge in [0.1, 0.15) is 5.65 Å². The minimum absolute atomic E-state index is 0.0252. The van der Waals surface area contributed by atoms with Crippen molar-refractivity contribution < 1.29 is 0 Å². The molecule has 1 fully saturated rings. The van der Waals surface area contributed by atoms with Crippen LogP contribution in [0.15, 0.2) is 29.2 Å². The summed E-state index contributed by atoms with van der Waals surface area (Å²) in [4.78, 5) is 16.8. The second kappa shape index (κ2) is 4.53. The smallest absolute Gasteiger partial charge is 0.258 e.